The van der Waals surface area contributed by atoms with E-state index in [2.05, 4.69) is 21.9 Å². The van der Waals surface area contributed by atoms with Crippen LogP contribution in [0.1, 0.15) is 63.1 Å². The zero-order valence-corrected chi connectivity index (χ0v) is 30.2. The van der Waals surface area contributed by atoms with Crippen LogP contribution in [0.25, 0.3) is 0 Å². The Hall–Kier alpha value is -4.67. The highest BCUT2D eigenvalue weighted by Gasteiger charge is 2.62. The third kappa shape index (κ3) is 7.85. The number of hydrogen-bond acceptors (Lipinski definition) is 8. The molecule has 53 heavy (non-hydrogen) atoms. The van der Waals surface area contributed by atoms with E-state index in [1.807, 2.05) is 0 Å². The van der Waals surface area contributed by atoms with Crippen molar-refractivity contribution in [3.63, 3.8) is 0 Å². The molecule has 3 fully saturated rings. The highest BCUT2D eigenvalue weighted by Crippen LogP contribution is 2.46. The Morgan fingerprint density at radius 3 is 2.36 bits per heavy atom. The smallest absolute Gasteiger partial charge is 0.416 e. The number of halogens is 4. The summed E-state index contributed by atoms with van der Waals surface area (Å²) in [6, 6.07) is 6.26. The summed E-state index contributed by atoms with van der Waals surface area (Å²) in [6.07, 6.45) is -4.50. The number of likely N-dealkylation sites (tertiary alicyclic amines) is 1. The van der Waals surface area contributed by atoms with Crippen LogP contribution in [0.2, 0.25) is 0 Å². The number of rotatable bonds is 10. The molecule has 0 spiro atoms. The zero-order chi connectivity index (χ0) is 38.7. The first-order chi connectivity index (χ1) is 24.7. The second kappa shape index (κ2) is 13.6. The highest BCUT2D eigenvalue weighted by atomic mass is 32.2. The molecular weight excluding hydrogens is 722 g/mol. The summed E-state index contributed by atoms with van der Waals surface area (Å²) >= 11 is 0. The van der Waals surface area contributed by atoms with Gasteiger partial charge in [0.2, 0.25) is 21.8 Å². The molecule has 2 saturated carbocycles. The van der Waals surface area contributed by atoms with Gasteiger partial charge in [0.15, 0.2) is 0 Å². The number of carbonyl (C=O) groups is 4. The highest BCUT2D eigenvalue weighted by molar-refractivity contribution is 7.91. The van der Waals surface area contributed by atoms with Crippen LogP contribution in [0.4, 0.5) is 28.0 Å². The number of ether oxygens (including phenoxy) is 1. The molecule has 0 bridgehead atoms. The molecule has 4 aliphatic rings. The van der Waals surface area contributed by atoms with Gasteiger partial charge in [-0.05, 0) is 54.5 Å². The molecule has 1 unspecified atom stereocenters. The van der Waals surface area contributed by atoms with E-state index in [1.54, 1.807) is 26.8 Å². The van der Waals surface area contributed by atoms with Crippen molar-refractivity contribution in [3.05, 3.63) is 77.6 Å². The second-order valence-electron chi connectivity index (χ2n) is 15.2. The predicted molar refractivity (Wildman–Crippen MR) is 184 cm³/mol. The lowest BCUT2D eigenvalue weighted by atomic mass is 9.85. The Kier molecular flexibility index (Phi) is 9.79. The molecule has 2 aliphatic heterocycles. The van der Waals surface area contributed by atoms with E-state index < -0.39 is 91.7 Å². The minimum Gasteiger partial charge on any atom is -0.444 e. The largest absolute Gasteiger partial charge is 0.444 e. The number of anilines is 1. The van der Waals surface area contributed by atoms with Crippen molar-refractivity contribution in [1.82, 2.24) is 19.8 Å². The zero-order valence-electron chi connectivity index (χ0n) is 29.3. The Balaban J connectivity index is 1.26. The molecule has 5 atom stereocenters. The van der Waals surface area contributed by atoms with Gasteiger partial charge in [0.25, 0.3) is 5.91 Å². The molecule has 0 aromatic heterocycles. The van der Waals surface area contributed by atoms with Crippen molar-refractivity contribution < 1.29 is 49.9 Å². The fourth-order valence-electron chi connectivity index (χ4n) is 6.89. The molecule has 286 valence electrons. The number of fused-ring (bicyclic) bond motifs is 1. The third-order valence-corrected chi connectivity index (χ3v) is 12.0. The lowest BCUT2D eigenvalue weighted by Gasteiger charge is -2.36. The monoisotopic (exact) mass is 763 g/mol. The van der Waals surface area contributed by atoms with Crippen LogP contribution < -0.4 is 15.4 Å². The summed E-state index contributed by atoms with van der Waals surface area (Å²) in [5.41, 5.74) is -2.61. The van der Waals surface area contributed by atoms with Crippen LogP contribution in [-0.2, 0) is 48.4 Å². The third-order valence-electron chi connectivity index (χ3n) is 10.2. The minimum atomic E-state index is -4.65. The van der Waals surface area contributed by atoms with E-state index in [9.17, 15) is 45.2 Å². The number of nitrogens with zero attached hydrogens (tertiary/aromatic N) is 2. The average Bonchev–Trinajstić information content (AvgIpc) is 3.97. The van der Waals surface area contributed by atoms with Crippen LogP contribution in [-0.4, -0.2) is 77.6 Å². The van der Waals surface area contributed by atoms with Gasteiger partial charge in [-0.2, -0.15) is 13.2 Å². The molecule has 2 aromatic carbocycles. The first-order valence-electron chi connectivity index (χ1n) is 17.2. The van der Waals surface area contributed by atoms with E-state index in [0.29, 0.717) is 24.0 Å². The van der Waals surface area contributed by atoms with Gasteiger partial charge in [0.1, 0.15) is 29.5 Å². The number of sulfonamides is 1. The fourth-order valence-corrected chi connectivity index (χ4v) is 8.25. The maximum atomic E-state index is 14.5. The van der Waals surface area contributed by atoms with Gasteiger partial charge in [-0.1, -0.05) is 45.0 Å². The van der Waals surface area contributed by atoms with Gasteiger partial charge >= 0.3 is 12.3 Å². The normalized spacial score (nSPS) is 24.5. The fraction of sp³-hybridized carbons (Fsp3) is 0.500. The summed E-state index contributed by atoms with van der Waals surface area (Å²) in [7, 11) is -3.98. The van der Waals surface area contributed by atoms with Crippen LogP contribution >= 0.6 is 0 Å². The standard InChI is InChI=1S/C36H41F4N5O7S/c1-5-21-16-35(21,32(48)43-53(50,51)25-12-13-25)42-30(46)28-15-24(52-33(49)44-17-20-8-6-11-27(37)26(20)19-44)18-45(28)31(47)29(34(2,3)4)41-23-10-7-9-22(14-23)36(38,39)40/h5-11,14,21,24-25,28-29,41H,1,12-13,15-19H2,2-4H3,(H,42,46)(H,43,48)/t21-,24?,28+,29-,35-/m1/s1. The van der Waals surface area contributed by atoms with E-state index in [1.165, 1.54) is 35.2 Å². The van der Waals surface area contributed by atoms with E-state index in [0.717, 1.165) is 17.0 Å². The van der Waals surface area contributed by atoms with Gasteiger partial charge < -0.3 is 20.3 Å². The van der Waals surface area contributed by atoms with Crippen LogP contribution in [0, 0.1) is 17.2 Å². The van der Waals surface area contributed by atoms with Crippen molar-refractivity contribution in [2.75, 3.05) is 11.9 Å². The summed E-state index contributed by atoms with van der Waals surface area (Å²) in [6.45, 7) is 8.46. The number of carbonyl (C=O) groups excluding carboxylic acids is 4. The van der Waals surface area contributed by atoms with Crippen molar-refractivity contribution in [2.24, 2.45) is 11.3 Å². The van der Waals surface area contributed by atoms with E-state index in [4.69, 9.17) is 4.74 Å². The first kappa shape index (κ1) is 38.1. The number of hydrogen-bond donors (Lipinski definition) is 3. The van der Waals surface area contributed by atoms with E-state index >= 15 is 0 Å². The number of amides is 4. The molecule has 12 nitrogen and oxygen atoms in total. The Morgan fingerprint density at radius 2 is 1.75 bits per heavy atom. The molecular formula is C36H41F4N5O7S. The number of alkyl halides is 3. The second-order valence-corrected chi connectivity index (χ2v) is 17.1. The average molecular weight is 764 g/mol. The molecule has 0 radical (unpaired) electrons. The number of benzene rings is 2. The quantitative estimate of drug-likeness (QED) is 0.237. The maximum absolute atomic E-state index is 14.5. The maximum Gasteiger partial charge on any atom is 0.416 e. The Morgan fingerprint density at radius 1 is 1.06 bits per heavy atom. The van der Waals surface area contributed by atoms with Crippen molar-refractivity contribution in [1.29, 1.82) is 0 Å². The SMILES string of the molecule is C=C[C@@H]1C[C@]1(NC(=O)[C@@H]1CC(OC(=O)N2Cc3cccc(F)c3C2)CN1C(=O)[C@@H](Nc1cccc(C(F)(F)F)c1)C(C)(C)C)C(=O)NS(=O)(=O)C1CC1. The van der Waals surface area contributed by atoms with Crippen molar-refractivity contribution >= 4 is 39.5 Å². The summed E-state index contributed by atoms with van der Waals surface area (Å²) < 4.78 is 88.1. The summed E-state index contributed by atoms with van der Waals surface area (Å²) in [5, 5.41) is 4.85. The minimum absolute atomic E-state index is 0.00332. The molecule has 4 amide bonds. The molecule has 2 heterocycles. The van der Waals surface area contributed by atoms with Gasteiger partial charge in [0, 0.05) is 30.1 Å². The van der Waals surface area contributed by atoms with Gasteiger partial charge in [-0.15, -0.1) is 6.58 Å². The molecule has 3 N–H and O–H groups in total. The van der Waals surface area contributed by atoms with Crippen LogP contribution in [0.3, 0.4) is 0 Å². The van der Waals surface area contributed by atoms with Crippen molar-refractivity contribution in [2.45, 2.75) is 94.7 Å². The molecule has 2 aliphatic carbocycles. The van der Waals surface area contributed by atoms with Crippen LogP contribution in [0.5, 0.6) is 0 Å². The van der Waals surface area contributed by atoms with Gasteiger partial charge in [-0.3, -0.25) is 24.0 Å². The molecule has 2 aromatic rings. The number of nitrogens with one attached hydrogen (secondary N) is 3. The Bertz CT molecular complexity index is 1950. The first-order valence-corrected chi connectivity index (χ1v) is 18.7. The lowest BCUT2D eigenvalue weighted by Crippen LogP contribution is -2.58. The molecule has 17 heteroatoms. The topological polar surface area (TPSA) is 154 Å². The predicted octanol–water partition coefficient (Wildman–Crippen LogP) is 4.46. The van der Waals surface area contributed by atoms with Gasteiger partial charge in [-0.25, -0.2) is 17.6 Å². The molecule has 6 rings (SSSR count). The summed E-state index contributed by atoms with van der Waals surface area (Å²) in [4.78, 5) is 57.8. The van der Waals surface area contributed by atoms with E-state index in [-0.39, 0.29) is 38.2 Å². The Labute approximate surface area is 304 Å². The molecule has 1 saturated heterocycles. The van der Waals surface area contributed by atoms with Gasteiger partial charge in [0.05, 0.1) is 23.9 Å². The van der Waals surface area contributed by atoms with Crippen LogP contribution in [0.15, 0.2) is 55.1 Å². The summed E-state index contributed by atoms with van der Waals surface area (Å²) in [5.74, 6) is -3.57. The lowest BCUT2D eigenvalue weighted by molar-refractivity contribution is -0.141. The van der Waals surface area contributed by atoms with Crippen molar-refractivity contribution in [3.8, 4) is 0 Å².